The van der Waals surface area contributed by atoms with E-state index in [0.717, 1.165) is 15.1 Å². The summed E-state index contributed by atoms with van der Waals surface area (Å²) >= 11 is 1.44. The quantitative estimate of drug-likeness (QED) is 0.757. The second kappa shape index (κ2) is 5.18. The summed E-state index contributed by atoms with van der Waals surface area (Å²) in [7, 11) is 1.56. The zero-order chi connectivity index (χ0) is 15.0. The highest BCUT2D eigenvalue weighted by Gasteiger charge is 2.19. The van der Waals surface area contributed by atoms with E-state index in [4.69, 9.17) is 0 Å². The fourth-order valence-electron chi connectivity index (χ4n) is 2.24. The molecule has 1 amide bonds. The Hall–Kier alpha value is -2.40. The molecule has 5 heteroatoms. The van der Waals surface area contributed by atoms with Crippen LogP contribution < -0.4 is 5.32 Å². The maximum absolute atomic E-state index is 13.1. The second-order valence-corrected chi connectivity index (χ2v) is 5.62. The van der Waals surface area contributed by atoms with Gasteiger partial charge in [-0.25, -0.2) is 4.39 Å². The number of phenolic OH excluding ortho intramolecular Hbond substituents is 1. The van der Waals surface area contributed by atoms with Gasteiger partial charge in [0, 0.05) is 22.0 Å². The lowest BCUT2D eigenvalue weighted by atomic mass is 10.0. The summed E-state index contributed by atoms with van der Waals surface area (Å²) in [4.78, 5) is 13.0. The average molecular weight is 301 g/mol. The van der Waals surface area contributed by atoms with Gasteiger partial charge in [-0.2, -0.15) is 0 Å². The SMILES string of the molecule is CNC(=O)c1c(-c2ccc(F)cc2)sc2ccc(O)cc12. The molecule has 1 heterocycles. The van der Waals surface area contributed by atoms with Crippen LogP contribution in [-0.2, 0) is 0 Å². The van der Waals surface area contributed by atoms with Crippen LogP contribution in [0.3, 0.4) is 0 Å². The summed E-state index contributed by atoms with van der Waals surface area (Å²) in [5, 5.41) is 13.0. The van der Waals surface area contributed by atoms with Crippen molar-refractivity contribution in [2.75, 3.05) is 7.05 Å². The molecule has 3 nitrogen and oxygen atoms in total. The van der Waals surface area contributed by atoms with Crippen molar-refractivity contribution in [3.63, 3.8) is 0 Å². The van der Waals surface area contributed by atoms with E-state index in [1.807, 2.05) is 0 Å². The number of hydrogen-bond donors (Lipinski definition) is 2. The third-order valence-electron chi connectivity index (χ3n) is 3.23. The number of amides is 1. The predicted molar refractivity (Wildman–Crippen MR) is 82.3 cm³/mol. The van der Waals surface area contributed by atoms with Gasteiger partial charge in [0.05, 0.1) is 5.56 Å². The van der Waals surface area contributed by atoms with Gasteiger partial charge >= 0.3 is 0 Å². The van der Waals surface area contributed by atoms with Gasteiger partial charge in [-0.15, -0.1) is 11.3 Å². The number of thiophene rings is 1. The molecule has 0 aliphatic carbocycles. The predicted octanol–water partition coefficient (Wildman–Crippen LogP) is 3.77. The van der Waals surface area contributed by atoms with Crippen LogP contribution in [0.25, 0.3) is 20.5 Å². The molecule has 1 aromatic heterocycles. The minimum Gasteiger partial charge on any atom is -0.508 e. The molecule has 0 fully saturated rings. The second-order valence-electron chi connectivity index (χ2n) is 4.57. The first-order valence-corrected chi connectivity index (χ1v) is 7.15. The average Bonchev–Trinajstić information content (AvgIpc) is 2.85. The molecule has 0 saturated carbocycles. The summed E-state index contributed by atoms with van der Waals surface area (Å²) < 4.78 is 14.0. The summed E-state index contributed by atoms with van der Waals surface area (Å²) in [6, 6.07) is 11.0. The molecule has 0 aliphatic heterocycles. The maximum Gasteiger partial charge on any atom is 0.253 e. The minimum absolute atomic E-state index is 0.108. The lowest BCUT2D eigenvalue weighted by Crippen LogP contribution is -2.18. The van der Waals surface area contributed by atoms with Crippen LogP contribution in [0.2, 0.25) is 0 Å². The number of carbonyl (C=O) groups excluding carboxylic acids is 1. The van der Waals surface area contributed by atoms with Gasteiger partial charge in [0.15, 0.2) is 0 Å². The number of benzene rings is 2. The topological polar surface area (TPSA) is 49.3 Å². The van der Waals surface area contributed by atoms with Crippen LogP contribution in [0.1, 0.15) is 10.4 Å². The number of hydrogen-bond acceptors (Lipinski definition) is 3. The smallest absolute Gasteiger partial charge is 0.253 e. The number of halogens is 1. The summed E-state index contributed by atoms with van der Waals surface area (Å²) in [5.74, 6) is -0.443. The molecule has 2 N–H and O–H groups in total. The van der Waals surface area contributed by atoms with E-state index < -0.39 is 0 Å². The van der Waals surface area contributed by atoms with Crippen LogP contribution in [0.5, 0.6) is 5.75 Å². The van der Waals surface area contributed by atoms with Crippen molar-refractivity contribution in [2.24, 2.45) is 0 Å². The normalized spacial score (nSPS) is 10.8. The number of aromatic hydroxyl groups is 1. The molecule has 106 valence electrons. The number of rotatable bonds is 2. The molecule has 0 aliphatic rings. The minimum atomic E-state index is -0.320. The Balaban J connectivity index is 2.30. The lowest BCUT2D eigenvalue weighted by molar-refractivity contribution is 0.0965. The molecule has 0 bridgehead atoms. The van der Waals surface area contributed by atoms with Crippen molar-refractivity contribution in [2.45, 2.75) is 0 Å². The van der Waals surface area contributed by atoms with Crippen LogP contribution >= 0.6 is 11.3 Å². The molecule has 0 atom stereocenters. The van der Waals surface area contributed by atoms with E-state index in [1.165, 1.54) is 23.5 Å². The van der Waals surface area contributed by atoms with Crippen LogP contribution in [0.4, 0.5) is 4.39 Å². The van der Waals surface area contributed by atoms with E-state index >= 15 is 0 Å². The summed E-state index contributed by atoms with van der Waals surface area (Å²) in [6.45, 7) is 0. The molecule has 3 rings (SSSR count). The first-order chi connectivity index (χ1) is 10.1. The van der Waals surface area contributed by atoms with E-state index in [0.29, 0.717) is 10.9 Å². The van der Waals surface area contributed by atoms with Gasteiger partial charge in [0.25, 0.3) is 5.91 Å². The largest absolute Gasteiger partial charge is 0.508 e. The molecule has 0 saturated heterocycles. The van der Waals surface area contributed by atoms with E-state index in [1.54, 1.807) is 37.4 Å². The Morgan fingerprint density at radius 3 is 2.57 bits per heavy atom. The zero-order valence-corrected chi connectivity index (χ0v) is 12.0. The van der Waals surface area contributed by atoms with Crippen LogP contribution in [-0.4, -0.2) is 18.1 Å². The Labute approximate surface area is 124 Å². The van der Waals surface area contributed by atoms with Crippen molar-refractivity contribution in [1.82, 2.24) is 5.32 Å². The van der Waals surface area contributed by atoms with Crippen molar-refractivity contribution in [3.8, 4) is 16.2 Å². The molecule has 2 aromatic carbocycles. The fourth-order valence-corrected chi connectivity index (χ4v) is 3.43. The number of phenols is 1. The van der Waals surface area contributed by atoms with Gasteiger partial charge in [-0.1, -0.05) is 12.1 Å². The Bertz CT molecular complexity index is 824. The summed E-state index contributed by atoms with van der Waals surface area (Å²) in [5.41, 5.74) is 1.27. The van der Waals surface area contributed by atoms with E-state index in [2.05, 4.69) is 5.32 Å². The number of carbonyl (C=O) groups is 1. The Kier molecular flexibility index (Phi) is 3.35. The highest BCUT2D eigenvalue weighted by molar-refractivity contribution is 7.22. The molecule has 3 aromatic rings. The third kappa shape index (κ3) is 2.36. The molecule has 21 heavy (non-hydrogen) atoms. The first kappa shape index (κ1) is 13.6. The standard InChI is InChI=1S/C16H12FNO2S/c1-18-16(20)14-12-8-11(19)6-7-13(12)21-15(14)9-2-4-10(17)5-3-9/h2-8,19H,1H3,(H,18,20). The van der Waals surface area contributed by atoms with Crippen molar-refractivity contribution in [1.29, 1.82) is 0 Å². The van der Waals surface area contributed by atoms with Gasteiger partial charge in [-0.3, -0.25) is 4.79 Å². The monoisotopic (exact) mass is 301 g/mol. The van der Waals surface area contributed by atoms with E-state index in [-0.39, 0.29) is 17.5 Å². The molecule has 0 unspecified atom stereocenters. The molecular weight excluding hydrogens is 289 g/mol. The van der Waals surface area contributed by atoms with Gasteiger partial charge < -0.3 is 10.4 Å². The Morgan fingerprint density at radius 2 is 1.90 bits per heavy atom. The van der Waals surface area contributed by atoms with Crippen molar-refractivity contribution < 1.29 is 14.3 Å². The van der Waals surface area contributed by atoms with Gasteiger partial charge in [-0.05, 0) is 35.9 Å². The first-order valence-electron chi connectivity index (χ1n) is 6.33. The zero-order valence-electron chi connectivity index (χ0n) is 11.2. The van der Waals surface area contributed by atoms with Crippen LogP contribution in [0, 0.1) is 5.82 Å². The highest BCUT2D eigenvalue weighted by Crippen LogP contribution is 2.39. The Morgan fingerprint density at radius 1 is 1.19 bits per heavy atom. The molecular formula is C16H12FNO2S. The lowest BCUT2D eigenvalue weighted by Gasteiger charge is -2.04. The highest BCUT2D eigenvalue weighted by atomic mass is 32.1. The summed E-state index contributed by atoms with van der Waals surface area (Å²) in [6.07, 6.45) is 0. The van der Waals surface area contributed by atoms with Crippen molar-refractivity contribution >= 4 is 27.3 Å². The molecule has 0 spiro atoms. The molecule has 0 radical (unpaired) electrons. The number of nitrogens with one attached hydrogen (secondary N) is 1. The number of fused-ring (bicyclic) bond motifs is 1. The van der Waals surface area contributed by atoms with Crippen molar-refractivity contribution in [3.05, 3.63) is 53.8 Å². The van der Waals surface area contributed by atoms with Crippen LogP contribution in [0.15, 0.2) is 42.5 Å². The maximum atomic E-state index is 13.1. The fraction of sp³-hybridized carbons (Fsp3) is 0.0625. The van der Waals surface area contributed by atoms with Gasteiger partial charge in [0.2, 0.25) is 0 Å². The third-order valence-corrected chi connectivity index (χ3v) is 4.45. The van der Waals surface area contributed by atoms with E-state index in [9.17, 15) is 14.3 Å². The van der Waals surface area contributed by atoms with Gasteiger partial charge in [0.1, 0.15) is 11.6 Å².